The molecule has 0 heterocycles. The zero-order chi connectivity index (χ0) is 86.6. The molecule has 33 heteroatoms. The maximum absolute atomic E-state index is 16.0. The molecule has 0 bridgehead atoms. The minimum atomic E-state index is -1.42. The number of unbranched alkanes of at least 4 members (excludes halogenated alkanes) is 5. The maximum atomic E-state index is 16.0. The standard InChI is InChI=1S/C85H126N22O11/c1-57(63-32-12-7-13-33-63)103(52-73(88)109)79(115)71(45-25-30-50-96-84(91)92)101-76(112)55-105(59(3)65-36-16-9-17-37-65)81(117)70(43-23-28-48-87)100-75(111)54-107(61(5)67-40-20-11-21-41-67)82(118)72(46-26-31-51-97-85(93)94)102-77(113)56-106(60(4)66-38-18-10-19-39-66)80(116)69(42-22-27-47-86)99-74(110)53-104(58(2)64-34-14-8-15-35-64)78(114)68(98-62(6)108)44-24-29-49-95-83(89)90/h7-21,32-41,57-61,68-72H,22-31,42-56,86-87H2,1-6H3,(H2,88,109)(H,98,108)(H,99,110)(H,100,111)(H,101,112)(H,102,113)(H4,89,90,95)(H4,91,92,96)(H4,93,94,97)/t57-,58-,59-,60-,61-,68-,69-,70-,71-,72-/m0/s1. The van der Waals surface area contributed by atoms with Gasteiger partial charge in [-0.3, -0.25) is 69.0 Å². The number of nitrogens with two attached hydrogens (primary N) is 6. The Morgan fingerprint density at radius 3 is 0.678 bits per heavy atom. The average molecular weight is 1630 g/mol. The lowest BCUT2D eigenvalue weighted by molar-refractivity contribution is -0.146. The van der Waals surface area contributed by atoms with Crippen LogP contribution in [0.2, 0.25) is 0 Å². The van der Waals surface area contributed by atoms with Crippen LogP contribution in [0.15, 0.2) is 152 Å². The van der Waals surface area contributed by atoms with E-state index in [1.165, 1.54) is 31.4 Å². The molecule has 0 aromatic heterocycles. The number of amides is 11. The highest BCUT2D eigenvalue weighted by atomic mass is 16.2. The Balaban J connectivity index is 1.55. The molecule has 118 heavy (non-hydrogen) atoms. The largest absolute Gasteiger partial charge is 0.370 e. The minimum absolute atomic E-state index is 0.00932. The van der Waals surface area contributed by atoms with Gasteiger partial charge in [0.1, 0.15) is 56.4 Å². The van der Waals surface area contributed by atoms with Gasteiger partial charge in [0.15, 0.2) is 17.9 Å². The summed E-state index contributed by atoms with van der Waals surface area (Å²) in [5.74, 6) is -8.45. The number of guanidine groups is 3. The van der Waals surface area contributed by atoms with E-state index in [4.69, 9.17) is 50.6 Å². The van der Waals surface area contributed by atoms with E-state index in [1.807, 2.05) is 0 Å². The van der Waals surface area contributed by atoms with Gasteiger partial charge in [-0.1, -0.05) is 152 Å². The predicted octanol–water partition coefficient (Wildman–Crippen LogP) is 4.08. The van der Waals surface area contributed by atoms with Crippen LogP contribution in [0.3, 0.4) is 0 Å². The first kappa shape index (κ1) is 96.6. The molecule has 5 rings (SSSR count). The predicted molar refractivity (Wildman–Crippen MR) is 454 cm³/mol. The van der Waals surface area contributed by atoms with Crippen LogP contribution in [-0.2, 0) is 52.7 Å². The van der Waals surface area contributed by atoms with Crippen LogP contribution in [0.5, 0.6) is 0 Å². The summed E-state index contributed by atoms with van der Waals surface area (Å²) in [7, 11) is 0. The van der Waals surface area contributed by atoms with Crippen molar-refractivity contribution >= 4 is 82.9 Å². The van der Waals surface area contributed by atoms with Crippen molar-refractivity contribution in [3.8, 4) is 0 Å². The lowest BCUT2D eigenvalue weighted by Gasteiger charge is -2.36. The molecule has 0 saturated heterocycles. The van der Waals surface area contributed by atoms with Crippen LogP contribution in [0, 0.1) is 16.2 Å². The highest BCUT2D eigenvalue weighted by Crippen LogP contribution is 2.29. The van der Waals surface area contributed by atoms with Crippen molar-refractivity contribution in [2.45, 2.75) is 198 Å². The summed E-state index contributed by atoms with van der Waals surface area (Å²) < 4.78 is 0. The summed E-state index contributed by atoms with van der Waals surface area (Å²) in [4.78, 5) is 169. The van der Waals surface area contributed by atoms with E-state index in [0.29, 0.717) is 92.1 Å². The summed E-state index contributed by atoms with van der Waals surface area (Å²) in [5.41, 5.74) is 37.7. The third-order valence-electron chi connectivity index (χ3n) is 20.6. The SMILES string of the molecule is CC(=O)N[C@@H](CCCCNC(=N)N)C(=O)N(CC(=O)N[C@@H](CCCCN)C(=O)N(CC(=O)N[C@@H](CCCCNC(=N)N)C(=O)N(CC(=O)N[C@@H](CCCCN)C(=O)N(CC(=O)N[C@@H](CCCCNC(=N)N)C(=O)N(CC(N)=O)[C@@H](C)c1ccccc1)[C@@H](C)c1ccccc1)[C@@H](C)c1ccccc1)[C@@H](C)c1ccccc1)[C@@H](C)c1ccccc1. The van der Waals surface area contributed by atoms with E-state index >= 15 is 24.0 Å². The van der Waals surface area contributed by atoms with Crippen molar-refractivity contribution in [3.63, 3.8) is 0 Å². The van der Waals surface area contributed by atoms with E-state index in [0.717, 1.165) is 0 Å². The normalized spacial score (nSPS) is 13.5. The van der Waals surface area contributed by atoms with E-state index in [-0.39, 0.29) is 82.6 Å². The van der Waals surface area contributed by atoms with Crippen molar-refractivity contribution in [2.24, 2.45) is 34.4 Å². The number of hydrogen-bond donors (Lipinski definition) is 17. The second-order valence-corrected chi connectivity index (χ2v) is 29.5. The van der Waals surface area contributed by atoms with Crippen molar-refractivity contribution < 1.29 is 52.7 Å². The van der Waals surface area contributed by atoms with Crippen LogP contribution < -0.4 is 76.9 Å². The zero-order valence-corrected chi connectivity index (χ0v) is 69.1. The van der Waals surface area contributed by atoms with E-state index in [9.17, 15) is 28.8 Å². The third kappa shape index (κ3) is 33.3. The summed E-state index contributed by atoms with van der Waals surface area (Å²) in [6.45, 7) is 8.11. The molecule has 0 radical (unpaired) electrons. The number of carbonyl (C=O) groups is 11. The monoisotopic (exact) mass is 1630 g/mol. The number of carbonyl (C=O) groups excluding carboxylic acids is 11. The molecule has 0 spiro atoms. The number of rotatable bonds is 53. The molecule has 33 nitrogen and oxygen atoms in total. The molecule has 0 aliphatic heterocycles. The molecular formula is C85H126N22O11. The molecule has 0 aliphatic carbocycles. The molecule has 0 saturated carbocycles. The molecule has 642 valence electrons. The second-order valence-electron chi connectivity index (χ2n) is 29.5. The number of hydrogen-bond acceptors (Lipinski definition) is 16. The third-order valence-corrected chi connectivity index (χ3v) is 20.6. The number of benzene rings is 5. The Morgan fingerprint density at radius 2 is 0.492 bits per heavy atom. The lowest BCUT2D eigenvalue weighted by atomic mass is 10.0. The fraction of sp³-hybridized carbons (Fsp3) is 0.482. The van der Waals surface area contributed by atoms with Crippen molar-refractivity contribution in [2.75, 3.05) is 65.4 Å². The van der Waals surface area contributed by atoms with Crippen LogP contribution in [-0.4, -0.2) is 203 Å². The molecule has 0 unspecified atom stereocenters. The van der Waals surface area contributed by atoms with Gasteiger partial charge in [0.25, 0.3) is 0 Å². The Kier molecular flexibility index (Phi) is 42.4. The van der Waals surface area contributed by atoms with Gasteiger partial charge in [0, 0.05) is 26.6 Å². The smallest absolute Gasteiger partial charge is 0.246 e. The first-order chi connectivity index (χ1) is 56.5. The number of nitrogens with one attached hydrogen (secondary N) is 11. The number of nitrogens with zero attached hydrogens (tertiary/aromatic N) is 5. The Labute approximate surface area is 693 Å². The summed E-state index contributed by atoms with van der Waals surface area (Å²) in [6.07, 6.45) is 4.01. The fourth-order valence-electron chi connectivity index (χ4n) is 13.9. The van der Waals surface area contributed by atoms with Crippen LogP contribution in [0.1, 0.15) is 196 Å². The summed E-state index contributed by atoms with van der Waals surface area (Å²) in [5, 5.41) is 45.6. The first-order valence-electron chi connectivity index (χ1n) is 40.6. The topological polar surface area (TPSA) is 528 Å². The first-order valence-corrected chi connectivity index (χ1v) is 40.6. The Hall–Kier alpha value is -12.0. The van der Waals surface area contributed by atoms with Gasteiger partial charge < -0.3 is 101 Å². The highest BCUT2D eigenvalue weighted by molar-refractivity contribution is 5.97. The molecule has 5 aromatic carbocycles. The number of primary amides is 1. The molecule has 23 N–H and O–H groups in total. The zero-order valence-electron chi connectivity index (χ0n) is 69.1. The average Bonchev–Trinajstić information content (AvgIpc) is 0.830. The van der Waals surface area contributed by atoms with Gasteiger partial charge >= 0.3 is 0 Å². The molecule has 0 fully saturated rings. The van der Waals surface area contributed by atoms with Crippen LogP contribution >= 0.6 is 0 Å². The van der Waals surface area contributed by atoms with Gasteiger partial charge in [-0.15, -0.1) is 0 Å². The molecule has 10 atom stereocenters. The van der Waals surface area contributed by atoms with Crippen molar-refractivity contribution in [1.82, 2.24) is 67.0 Å². The van der Waals surface area contributed by atoms with Crippen LogP contribution in [0.25, 0.3) is 0 Å². The van der Waals surface area contributed by atoms with E-state index in [1.54, 1.807) is 186 Å². The summed E-state index contributed by atoms with van der Waals surface area (Å²) in [6, 6.07) is 34.0. The van der Waals surface area contributed by atoms with Gasteiger partial charge in [-0.25, -0.2) is 0 Å². The maximum Gasteiger partial charge on any atom is 0.246 e. The van der Waals surface area contributed by atoms with E-state index < -0.39 is 158 Å². The second kappa shape index (κ2) is 51.8. The highest BCUT2D eigenvalue weighted by Gasteiger charge is 2.39. The van der Waals surface area contributed by atoms with Gasteiger partial charge in [0.05, 0.1) is 36.8 Å². The quantitative estimate of drug-likeness (QED) is 0.0148. The fourth-order valence-corrected chi connectivity index (χ4v) is 13.9. The molecule has 5 aromatic rings. The van der Waals surface area contributed by atoms with Crippen molar-refractivity contribution in [3.05, 3.63) is 179 Å². The molecule has 0 aliphatic rings. The molecular weight excluding hydrogens is 1510 g/mol. The summed E-state index contributed by atoms with van der Waals surface area (Å²) >= 11 is 0. The van der Waals surface area contributed by atoms with E-state index in [2.05, 4.69) is 42.5 Å². The van der Waals surface area contributed by atoms with Crippen LogP contribution in [0.4, 0.5) is 0 Å². The minimum Gasteiger partial charge on any atom is -0.370 e. The van der Waals surface area contributed by atoms with Gasteiger partial charge in [-0.05, 0) is 172 Å². The Bertz CT molecular complexity index is 4020. The van der Waals surface area contributed by atoms with Gasteiger partial charge in [-0.2, -0.15) is 0 Å². The lowest BCUT2D eigenvalue weighted by Crippen LogP contribution is -2.57. The van der Waals surface area contributed by atoms with Crippen molar-refractivity contribution in [1.29, 1.82) is 16.2 Å². The Morgan fingerprint density at radius 1 is 0.297 bits per heavy atom. The van der Waals surface area contributed by atoms with Gasteiger partial charge in [0.2, 0.25) is 65.0 Å². The molecule has 11 amide bonds.